The third kappa shape index (κ3) is 2.21. The van der Waals surface area contributed by atoms with Crippen molar-refractivity contribution in [1.82, 2.24) is 0 Å². The topological polar surface area (TPSA) is 44.1 Å². The maximum Gasteiger partial charge on any atom is 0.251 e. The van der Waals surface area contributed by atoms with E-state index in [4.69, 9.17) is 10.5 Å². The van der Waals surface area contributed by atoms with Gasteiger partial charge in [-0.15, -0.1) is 0 Å². The van der Waals surface area contributed by atoms with Crippen LogP contribution in [0.4, 0.5) is 13.2 Å². The minimum atomic E-state index is -2.95. The molecule has 3 unspecified atom stereocenters. The molecule has 0 bridgehead atoms. The molecule has 0 aromatic rings. The summed E-state index contributed by atoms with van der Waals surface area (Å²) >= 11 is 0. The van der Waals surface area contributed by atoms with Crippen molar-refractivity contribution in [3.8, 4) is 0 Å². The van der Waals surface area contributed by atoms with Crippen LogP contribution in [-0.2, 0) is 0 Å². The van der Waals surface area contributed by atoms with Crippen molar-refractivity contribution in [3.05, 3.63) is 0 Å². The Morgan fingerprint density at radius 1 is 1.54 bits per heavy atom. The highest BCUT2D eigenvalue weighted by Crippen LogP contribution is 2.40. The maximum absolute atomic E-state index is 12.7. The van der Waals surface area contributed by atoms with Gasteiger partial charge in [-0.1, -0.05) is 0 Å². The summed E-state index contributed by atoms with van der Waals surface area (Å²) in [5, 5.41) is 16.3. The molecule has 0 spiro atoms. The van der Waals surface area contributed by atoms with E-state index < -0.39 is 42.7 Å². The van der Waals surface area contributed by atoms with E-state index in [1.807, 2.05) is 0 Å². The van der Waals surface area contributed by atoms with E-state index in [9.17, 15) is 13.2 Å². The monoisotopic (exact) mass is 195 g/mol. The summed E-state index contributed by atoms with van der Waals surface area (Å²) in [6.45, 7) is 1.12. The first kappa shape index (κ1) is 10.5. The van der Waals surface area contributed by atoms with Crippen LogP contribution in [0.25, 0.3) is 0 Å². The Morgan fingerprint density at radius 2 is 2.08 bits per heavy atom. The Kier molecular flexibility index (Phi) is 2.66. The Hall–Kier alpha value is -0.580. The highest BCUT2D eigenvalue weighted by Gasteiger charge is 2.48. The average molecular weight is 195 g/mol. The molecule has 0 heterocycles. The van der Waals surface area contributed by atoms with Gasteiger partial charge in [0.2, 0.25) is 0 Å². The molecule has 0 aliphatic heterocycles. The van der Waals surface area contributed by atoms with E-state index in [1.54, 1.807) is 0 Å². The molecule has 13 heavy (non-hydrogen) atoms. The van der Waals surface area contributed by atoms with Gasteiger partial charge >= 0.3 is 0 Å². The number of hydrogen-bond donors (Lipinski definition) is 2. The molecular weight excluding hydrogens is 183 g/mol. The molecule has 1 fully saturated rings. The van der Waals surface area contributed by atoms with Gasteiger partial charge in [0.05, 0.1) is 6.10 Å². The summed E-state index contributed by atoms with van der Waals surface area (Å²) in [7, 11) is 0. The van der Waals surface area contributed by atoms with Crippen molar-refractivity contribution in [2.45, 2.75) is 38.0 Å². The first-order valence-electron chi connectivity index (χ1n) is 4.12. The molecule has 1 aliphatic carbocycles. The molecule has 76 valence electrons. The smallest absolute Gasteiger partial charge is 0.251 e. The molecule has 0 aromatic carbocycles. The summed E-state index contributed by atoms with van der Waals surface area (Å²) in [5.41, 5.74) is -0.426. The van der Waals surface area contributed by atoms with Crippen molar-refractivity contribution < 1.29 is 18.3 Å². The van der Waals surface area contributed by atoms with Crippen molar-refractivity contribution in [1.29, 1.82) is 5.41 Å². The predicted molar refractivity (Wildman–Crippen MR) is 42.0 cm³/mol. The van der Waals surface area contributed by atoms with Crippen LogP contribution in [0.2, 0.25) is 0 Å². The molecule has 3 atom stereocenters. The van der Waals surface area contributed by atoms with Crippen LogP contribution in [0.5, 0.6) is 0 Å². The second kappa shape index (κ2) is 3.29. The number of hydrogen-bond acceptors (Lipinski definition) is 2. The summed E-state index contributed by atoms with van der Waals surface area (Å²) in [5.74, 6) is -3.97. The molecule has 1 saturated carbocycles. The Balaban J connectivity index is 2.68. The van der Waals surface area contributed by atoms with E-state index in [0.717, 1.165) is 6.92 Å². The van der Waals surface area contributed by atoms with Gasteiger partial charge in [-0.25, -0.2) is 13.2 Å². The molecule has 5 heteroatoms. The van der Waals surface area contributed by atoms with Gasteiger partial charge in [0, 0.05) is 24.5 Å². The second-order valence-corrected chi connectivity index (χ2v) is 3.51. The fourth-order valence-corrected chi connectivity index (χ4v) is 1.60. The lowest BCUT2D eigenvalue weighted by molar-refractivity contribution is -0.00364. The Morgan fingerprint density at radius 3 is 2.38 bits per heavy atom. The minimum absolute atomic E-state index is 0.426. The quantitative estimate of drug-likeness (QED) is 0.648. The van der Waals surface area contributed by atoms with E-state index in [0.29, 0.717) is 0 Å². The number of nitrogens with one attached hydrogen (secondary N) is 1. The van der Waals surface area contributed by atoms with Crippen LogP contribution in [0.1, 0.15) is 19.8 Å². The predicted octanol–water partition coefficient (Wildman–Crippen LogP) is 1.77. The van der Waals surface area contributed by atoms with Crippen molar-refractivity contribution in [3.63, 3.8) is 0 Å². The van der Waals surface area contributed by atoms with Crippen molar-refractivity contribution in [2.24, 2.45) is 5.92 Å². The van der Waals surface area contributed by atoms with Crippen LogP contribution in [0.15, 0.2) is 0 Å². The van der Waals surface area contributed by atoms with Gasteiger partial charge in [-0.2, -0.15) is 0 Å². The number of alkyl halides is 3. The standard InChI is InChI=1S/C8H12F3NO/c1-4(9)7(12)5-2-8(10,11)3-6(5)13/h4-6,12-13H,2-3H2,1H3. The van der Waals surface area contributed by atoms with Gasteiger partial charge in [-0.3, -0.25) is 0 Å². The number of aliphatic hydroxyl groups excluding tert-OH is 1. The van der Waals surface area contributed by atoms with Gasteiger partial charge in [0.15, 0.2) is 0 Å². The SMILES string of the molecule is CC(F)C(=N)C1CC(F)(F)CC1O. The van der Waals surface area contributed by atoms with Crippen LogP contribution in [0, 0.1) is 11.3 Å². The lowest BCUT2D eigenvalue weighted by Gasteiger charge is -2.15. The van der Waals surface area contributed by atoms with Crippen molar-refractivity contribution >= 4 is 5.71 Å². The van der Waals surface area contributed by atoms with Gasteiger partial charge < -0.3 is 10.5 Å². The molecule has 2 nitrogen and oxygen atoms in total. The zero-order valence-electron chi connectivity index (χ0n) is 7.23. The minimum Gasteiger partial charge on any atom is -0.392 e. The summed E-state index contributed by atoms with van der Waals surface area (Å²) in [4.78, 5) is 0. The van der Waals surface area contributed by atoms with Crippen LogP contribution in [-0.4, -0.2) is 29.0 Å². The highest BCUT2D eigenvalue weighted by atomic mass is 19.3. The molecule has 2 N–H and O–H groups in total. The first-order chi connectivity index (χ1) is 5.83. The fraction of sp³-hybridized carbons (Fsp3) is 0.875. The highest BCUT2D eigenvalue weighted by molar-refractivity contribution is 5.88. The number of halogens is 3. The average Bonchev–Trinajstić information content (AvgIpc) is 2.22. The number of aliphatic hydroxyl groups is 1. The maximum atomic E-state index is 12.7. The van der Waals surface area contributed by atoms with E-state index >= 15 is 0 Å². The molecule has 0 aromatic heterocycles. The Bertz CT molecular complexity index is 217. The van der Waals surface area contributed by atoms with Crippen LogP contribution in [0.3, 0.4) is 0 Å². The third-order valence-corrected chi connectivity index (χ3v) is 2.32. The second-order valence-electron chi connectivity index (χ2n) is 3.51. The Labute approximate surface area is 74.3 Å². The molecule has 0 saturated heterocycles. The molecule has 1 aliphatic rings. The lowest BCUT2D eigenvalue weighted by atomic mass is 9.97. The summed E-state index contributed by atoms with van der Waals surface area (Å²) < 4.78 is 38.0. The third-order valence-electron chi connectivity index (χ3n) is 2.32. The normalized spacial score (nSPS) is 34.5. The molecule has 0 amide bonds. The van der Waals surface area contributed by atoms with Crippen LogP contribution < -0.4 is 0 Å². The fourth-order valence-electron chi connectivity index (χ4n) is 1.60. The zero-order chi connectivity index (χ0) is 10.2. The zero-order valence-corrected chi connectivity index (χ0v) is 7.23. The van der Waals surface area contributed by atoms with Gasteiger partial charge in [0.1, 0.15) is 6.17 Å². The van der Waals surface area contributed by atoms with Gasteiger partial charge in [-0.05, 0) is 6.92 Å². The number of rotatable bonds is 2. The molecule has 0 radical (unpaired) electrons. The largest absolute Gasteiger partial charge is 0.392 e. The first-order valence-corrected chi connectivity index (χ1v) is 4.12. The van der Waals surface area contributed by atoms with E-state index in [-0.39, 0.29) is 0 Å². The molecular formula is C8H12F3NO. The van der Waals surface area contributed by atoms with Crippen molar-refractivity contribution in [2.75, 3.05) is 0 Å². The van der Waals surface area contributed by atoms with E-state index in [2.05, 4.69) is 0 Å². The van der Waals surface area contributed by atoms with Crippen LogP contribution >= 0.6 is 0 Å². The van der Waals surface area contributed by atoms with Gasteiger partial charge in [0.25, 0.3) is 5.92 Å². The van der Waals surface area contributed by atoms with E-state index in [1.165, 1.54) is 0 Å². The molecule has 1 rings (SSSR count). The summed E-state index contributed by atoms with van der Waals surface area (Å²) in [6.07, 6.45) is -4.11. The lowest BCUT2D eigenvalue weighted by Crippen LogP contribution is -2.28. The summed E-state index contributed by atoms with van der Waals surface area (Å²) in [6, 6.07) is 0.